The Bertz CT molecular complexity index is 465. The number of aromatic nitrogens is 2. The molecule has 0 aliphatic heterocycles. The summed E-state index contributed by atoms with van der Waals surface area (Å²) in [4.78, 5) is 0. The van der Waals surface area contributed by atoms with Crippen LogP contribution in [0.2, 0.25) is 5.15 Å². The monoisotopic (exact) mass is 238 g/mol. The third-order valence-electron chi connectivity index (χ3n) is 2.28. The molecule has 0 atom stereocenters. The molecule has 1 aromatic heterocycles. The second kappa shape index (κ2) is 4.29. The maximum atomic E-state index is 5.94. The topological polar surface area (TPSA) is 25.8 Å². The van der Waals surface area contributed by atoms with Crippen LogP contribution < -0.4 is 0 Å². The van der Waals surface area contributed by atoms with Crippen molar-refractivity contribution in [3.63, 3.8) is 0 Å². The predicted octanol–water partition coefficient (Wildman–Crippen LogP) is 3.98. The molecule has 1 aromatic carbocycles. The molecule has 0 N–H and O–H groups in total. The second-order valence-electron chi connectivity index (χ2n) is 3.68. The molecule has 2 nitrogen and oxygen atoms in total. The van der Waals surface area contributed by atoms with Crippen LogP contribution in [0.25, 0.3) is 11.3 Å². The molecule has 0 bridgehead atoms. The summed E-state index contributed by atoms with van der Waals surface area (Å²) < 4.78 is 8.15. The molecule has 1 heterocycles. The van der Waals surface area contributed by atoms with Crippen LogP contribution in [0, 0.1) is 0 Å². The molecule has 15 heavy (non-hydrogen) atoms. The van der Waals surface area contributed by atoms with E-state index in [0.717, 1.165) is 23.0 Å². The van der Waals surface area contributed by atoms with E-state index in [4.69, 9.17) is 11.6 Å². The third-order valence-corrected chi connectivity index (χ3v) is 3.17. The Morgan fingerprint density at radius 1 is 1.27 bits per heavy atom. The standard InChI is InChI=1S/C11H11ClN2S/c1-7(2)8-4-3-5-9(6-8)10-11(12)14-15-13-10/h3-7H,1-2H3. The Labute approximate surface area is 98.2 Å². The SMILES string of the molecule is CC(C)c1cccc(-c2nsnc2Cl)c1. The fraction of sp³-hybridized carbons (Fsp3) is 0.273. The average molecular weight is 239 g/mol. The molecule has 0 saturated carbocycles. The molecular formula is C11H11ClN2S. The van der Waals surface area contributed by atoms with E-state index in [0.29, 0.717) is 11.1 Å². The van der Waals surface area contributed by atoms with Crippen molar-refractivity contribution >= 4 is 23.3 Å². The van der Waals surface area contributed by atoms with Gasteiger partial charge in [-0.3, -0.25) is 0 Å². The molecule has 78 valence electrons. The van der Waals surface area contributed by atoms with Gasteiger partial charge in [-0.05, 0) is 17.5 Å². The summed E-state index contributed by atoms with van der Waals surface area (Å²) in [5, 5.41) is 0.487. The molecule has 0 unspecified atom stereocenters. The molecule has 0 amide bonds. The van der Waals surface area contributed by atoms with E-state index in [9.17, 15) is 0 Å². The normalized spacial score (nSPS) is 10.9. The molecule has 0 saturated heterocycles. The molecule has 4 heteroatoms. The van der Waals surface area contributed by atoms with Gasteiger partial charge in [0.2, 0.25) is 0 Å². The zero-order chi connectivity index (χ0) is 10.8. The van der Waals surface area contributed by atoms with Gasteiger partial charge < -0.3 is 0 Å². The highest BCUT2D eigenvalue weighted by Crippen LogP contribution is 2.27. The Kier molecular flexibility index (Phi) is 3.03. The lowest BCUT2D eigenvalue weighted by atomic mass is 10.00. The highest BCUT2D eigenvalue weighted by molar-refractivity contribution is 6.99. The van der Waals surface area contributed by atoms with Crippen molar-refractivity contribution in [1.82, 2.24) is 8.75 Å². The van der Waals surface area contributed by atoms with Gasteiger partial charge in [0.1, 0.15) is 5.69 Å². The summed E-state index contributed by atoms with van der Waals surface area (Å²) in [5.74, 6) is 0.510. The first-order valence-corrected chi connectivity index (χ1v) is 5.87. The van der Waals surface area contributed by atoms with Gasteiger partial charge >= 0.3 is 0 Å². The molecule has 2 aromatic rings. The van der Waals surface area contributed by atoms with Gasteiger partial charge in [0.15, 0.2) is 5.15 Å². The molecule has 0 radical (unpaired) electrons. The maximum Gasteiger partial charge on any atom is 0.170 e. The Morgan fingerprint density at radius 2 is 2.07 bits per heavy atom. The van der Waals surface area contributed by atoms with Crippen LogP contribution in [-0.4, -0.2) is 8.75 Å². The zero-order valence-corrected chi connectivity index (χ0v) is 10.1. The number of hydrogen-bond acceptors (Lipinski definition) is 3. The van der Waals surface area contributed by atoms with Gasteiger partial charge in [-0.2, -0.15) is 8.75 Å². The first kappa shape index (κ1) is 10.6. The van der Waals surface area contributed by atoms with Gasteiger partial charge in [-0.1, -0.05) is 43.6 Å². The van der Waals surface area contributed by atoms with Crippen LogP contribution in [0.3, 0.4) is 0 Å². The van der Waals surface area contributed by atoms with E-state index in [1.807, 2.05) is 12.1 Å². The van der Waals surface area contributed by atoms with Gasteiger partial charge in [0, 0.05) is 5.56 Å². The van der Waals surface area contributed by atoms with E-state index >= 15 is 0 Å². The first-order chi connectivity index (χ1) is 7.18. The van der Waals surface area contributed by atoms with Gasteiger partial charge in [0.05, 0.1) is 11.7 Å². The van der Waals surface area contributed by atoms with Gasteiger partial charge in [-0.25, -0.2) is 0 Å². The smallest absolute Gasteiger partial charge is 0.170 e. The van der Waals surface area contributed by atoms with E-state index in [-0.39, 0.29) is 0 Å². The van der Waals surface area contributed by atoms with Crippen molar-refractivity contribution < 1.29 is 0 Å². The van der Waals surface area contributed by atoms with E-state index in [1.54, 1.807) is 0 Å². The van der Waals surface area contributed by atoms with E-state index in [2.05, 4.69) is 34.7 Å². The third kappa shape index (κ3) is 2.19. The number of nitrogens with zero attached hydrogens (tertiary/aromatic N) is 2. The maximum absolute atomic E-state index is 5.94. The number of benzene rings is 1. The molecular weight excluding hydrogens is 228 g/mol. The van der Waals surface area contributed by atoms with E-state index < -0.39 is 0 Å². The first-order valence-electron chi connectivity index (χ1n) is 4.77. The van der Waals surface area contributed by atoms with Gasteiger partial charge in [0.25, 0.3) is 0 Å². The minimum absolute atomic E-state index is 0.487. The zero-order valence-electron chi connectivity index (χ0n) is 8.57. The minimum Gasteiger partial charge on any atom is -0.171 e. The van der Waals surface area contributed by atoms with Crippen molar-refractivity contribution in [1.29, 1.82) is 0 Å². The second-order valence-corrected chi connectivity index (χ2v) is 4.57. The van der Waals surface area contributed by atoms with Gasteiger partial charge in [-0.15, -0.1) is 0 Å². The summed E-state index contributed by atoms with van der Waals surface area (Å²) >= 11 is 7.09. The van der Waals surface area contributed by atoms with Crippen LogP contribution in [0.1, 0.15) is 25.3 Å². The lowest BCUT2D eigenvalue weighted by Gasteiger charge is -2.06. The van der Waals surface area contributed by atoms with Crippen molar-refractivity contribution in [2.45, 2.75) is 19.8 Å². The van der Waals surface area contributed by atoms with Crippen molar-refractivity contribution in [3.05, 3.63) is 35.0 Å². The van der Waals surface area contributed by atoms with E-state index in [1.165, 1.54) is 5.56 Å². The van der Waals surface area contributed by atoms with Crippen molar-refractivity contribution in [3.8, 4) is 11.3 Å². The summed E-state index contributed by atoms with van der Waals surface area (Å²) in [7, 11) is 0. The average Bonchev–Trinajstić information content (AvgIpc) is 2.64. The van der Waals surface area contributed by atoms with Crippen LogP contribution in [0.5, 0.6) is 0 Å². The number of hydrogen-bond donors (Lipinski definition) is 0. The van der Waals surface area contributed by atoms with Crippen LogP contribution in [-0.2, 0) is 0 Å². The summed E-state index contributed by atoms with van der Waals surface area (Å²) in [6.45, 7) is 4.33. The number of halogens is 1. The summed E-state index contributed by atoms with van der Waals surface area (Å²) in [6.07, 6.45) is 0. The van der Waals surface area contributed by atoms with Crippen LogP contribution in [0.4, 0.5) is 0 Å². The summed E-state index contributed by atoms with van der Waals surface area (Å²) in [5.41, 5.74) is 3.11. The Hall–Kier alpha value is -0.930. The van der Waals surface area contributed by atoms with Crippen LogP contribution >= 0.6 is 23.3 Å². The highest BCUT2D eigenvalue weighted by atomic mass is 35.5. The highest BCUT2D eigenvalue weighted by Gasteiger charge is 2.09. The minimum atomic E-state index is 0.487. The fourth-order valence-electron chi connectivity index (χ4n) is 1.39. The molecule has 0 aliphatic rings. The van der Waals surface area contributed by atoms with Crippen molar-refractivity contribution in [2.75, 3.05) is 0 Å². The molecule has 0 fully saturated rings. The molecule has 0 aliphatic carbocycles. The molecule has 0 spiro atoms. The summed E-state index contributed by atoms with van der Waals surface area (Å²) in [6, 6.07) is 8.27. The Balaban J connectivity index is 2.46. The lowest BCUT2D eigenvalue weighted by molar-refractivity contribution is 0.867. The number of rotatable bonds is 2. The van der Waals surface area contributed by atoms with Crippen molar-refractivity contribution in [2.24, 2.45) is 0 Å². The lowest BCUT2D eigenvalue weighted by Crippen LogP contribution is -1.88. The largest absolute Gasteiger partial charge is 0.171 e. The molecule has 2 rings (SSSR count). The van der Waals surface area contributed by atoms with Crippen LogP contribution in [0.15, 0.2) is 24.3 Å². The predicted molar refractivity (Wildman–Crippen MR) is 64.4 cm³/mol. The quantitative estimate of drug-likeness (QED) is 0.791. The fourth-order valence-corrected chi connectivity index (χ4v) is 2.16. The Morgan fingerprint density at radius 3 is 2.67 bits per heavy atom.